The van der Waals surface area contributed by atoms with E-state index in [1.54, 1.807) is 0 Å². The van der Waals surface area contributed by atoms with Crippen LogP contribution in [-0.4, -0.2) is 29.9 Å². The zero-order valence-electron chi connectivity index (χ0n) is 12.1. The molecule has 3 nitrogen and oxygen atoms in total. The summed E-state index contributed by atoms with van der Waals surface area (Å²) < 4.78 is 0. The van der Waals surface area contributed by atoms with E-state index in [9.17, 15) is 4.79 Å². The lowest BCUT2D eigenvalue weighted by molar-refractivity contribution is 0.0709. The zero-order chi connectivity index (χ0) is 14.0. The second kappa shape index (κ2) is 5.33. The van der Waals surface area contributed by atoms with Gasteiger partial charge in [-0.25, -0.2) is 0 Å². The Kier molecular flexibility index (Phi) is 3.95. The van der Waals surface area contributed by atoms with Crippen LogP contribution in [0.25, 0.3) is 0 Å². The van der Waals surface area contributed by atoms with E-state index in [1.165, 1.54) is 5.56 Å². The first-order valence-corrected chi connectivity index (χ1v) is 7.03. The Bertz CT molecular complexity index is 445. The Labute approximate surface area is 115 Å². The maximum atomic E-state index is 12.4. The highest BCUT2D eigenvalue weighted by atomic mass is 16.2. The molecular formula is C16H24N2O. The van der Waals surface area contributed by atoms with Crippen LogP contribution in [0.2, 0.25) is 0 Å². The van der Waals surface area contributed by atoms with Crippen LogP contribution in [0.15, 0.2) is 24.3 Å². The average molecular weight is 260 g/mol. The van der Waals surface area contributed by atoms with Crippen LogP contribution in [0.3, 0.4) is 0 Å². The number of nitrogens with two attached hydrogens (primary N) is 1. The fraction of sp³-hybridized carbons (Fsp3) is 0.562. The van der Waals surface area contributed by atoms with Gasteiger partial charge >= 0.3 is 0 Å². The molecule has 2 rings (SSSR count). The van der Waals surface area contributed by atoms with Gasteiger partial charge in [-0.1, -0.05) is 32.9 Å². The minimum absolute atomic E-state index is 0.107. The van der Waals surface area contributed by atoms with Crippen molar-refractivity contribution in [3.05, 3.63) is 35.4 Å². The van der Waals surface area contributed by atoms with Gasteiger partial charge in [0.25, 0.3) is 5.91 Å². The maximum absolute atomic E-state index is 12.4. The summed E-state index contributed by atoms with van der Waals surface area (Å²) in [6.45, 7) is 8.03. The minimum atomic E-state index is 0.107. The molecule has 0 spiro atoms. The van der Waals surface area contributed by atoms with Gasteiger partial charge in [-0.2, -0.15) is 0 Å². The third kappa shape index (κ3) is 3.35. The van der Waals surface area contributed by atoms with Gasteiger partial charge in [0, 0.05) is 24.7 Å². The second-order valence-corrected chi connectivity index (χ2v) is 6.48. The van der Waals surface area contributed by atoms with E-state index in [2.05, 4.69) is 32.9 Å². The summed E-state index contributed by atoms with van der Waals surface area (Å²) in [5, 5.41) is 0. The molecule has 1 atom stereocenters. The Morgan fingerprint density at radius 2 is 1.89 bits per heavy atom. The fourth-order valence-corrected chi connectivity index (χ4v) is 2.49. The first-order chi connectivity index (χ1) is 8.88. The molecule has 1 saturated heterocycles. The molecule has 1 aliphatic heterocycles. The molecule has 1 amide bonds. The van der Waals surface area contributed by atoms with E-state index in [4.69, 9.17) is 5.73 Å². The summed E-state index contributed by atoms with van der Waals surface area (Å²) in [6, 6.07) is 8.10. The van der Waals surface area contributed by atoms with E-state index >= 15 is 0 Å². The van der Waals surface area contributed by atoms with Crippen molar-refractivity contribution < 1.29 is 4.79 Å². The van der Waals surface area contributed by atoms with Crippen LogP contribution < -0.4 is 5.73 Å². The van der Waals surface area contributed by atoms with Crippen LogP contribution >= 0.6 is 0 Å². The summed E-state index contributed by atoms with van der Waals surface area (Å²) in [7, 11) is 0. The number of benzene rings is 1. The van der Waals surface area contributed by atoms with Gasteiger partial charge in [-0.3, -0.25) is 4.79 Å². The normalized spacial score (nSPS) is 20.4. The first-order valence-electron chi connectivity index (χ1n) is 7.03. The molecular weight excluding hydrogens is 236 g/mol. The molecule has 19 heavy (non-hydrogen) atoms. The van der Waals surface area contributed by atoms with Crippen LogP contribution in [0.5, 0.6) is 0 Å². The summed E-state index contributed by atoms with van der Waals surface area (Å²) in [4.78, 5) is 14.3. The Balaban J connectivity index is 2.11. The molecule has 0 aliphatic carbocycles. The van der Waals surface area contributed by atoms with Crippen molar-refractivity contribution >= 4 is 5.91 Å². The molecule has 0 saturated carbocycles. The van der Waals surface area contributed by atoms with Crippen LogP contribution in [0.4, 0.5) is 0 Å². The molecule has 1 unspecified atom stereocenters. The number of carbonyl (C=O) groups excluding carboxylic acids is 1. The lowest BCUT2D eigenvalue weighted by atomic mass is 9.86. The van der Waals surface area contributed by atoms with Crippen molar-refractivity contribution in [1.82, 2.24) is 4.90 Å². The highest BCUT2D eigenvalue weighted by Crippen LogP contribution is 2.23. The first kappa shape index (κ1) is 14.1. The summed E-state index contributed by atoms with van der Waals surface area (Å²) >= 11 is 0. The van der Waals surface area contributed by atoms with Gasteiger partial charge < -0.3 is 10.6 Å². The number of carbonyl (C=O) groups is 1. The lowest BCUT2D eigenvalue weighted by Gasteiger charge is -2.31. The molecule has 0 bridgehead atoms. The molecule has 1 aromatic rings. The number of hydrogen-bond donors (Lipinski definition) is 1. The van der Waals surface area contributed by atoms with Crippen LogP contribution in [-0.2, 0) is 5.41 Å². The second-order valence-electron chi connectivity index (χ2n) is 6.48. The van der Waals surface area contributed by atoms with Crippen molar-refractivity contribution in [2.75, 3.05) is 13.1 Å². The number of hydrogen-bond acceptors (Lipinski definition) is 2. The van der Waals surface area contributed by atoms with Crippen LogP contribution in [0.1, 0.15) is 49.5 Å². The molecule has 1 fully saturated rings. The molecule has 0 radical (unpaired) electrons. The van der Waals surface area contributed by atoms with Gasteiger partial charge in [0.2, 0.25) is 0 Å². The predicted molar refractivity (Wildman–Crippen MR) is 78.3 cm³/mol. The molecule has 1 aromatic carbocycles. The van der Waals surface area contributed by atoms with E-state index < -0.39 is 0 Å². The van der Waals surface area contributed by atoms with Gasteiger partial charge in [0.05, 0.1) is 0 Å². The lowest BCUT2D eigenvalue weighted by Crippen LogP contribution is -2.45. The van der Waals surface area contributed by atoms with Crippen molar-refractivity contribution in [3.8, 4) is 0 Å². The minimum Gasteiger partial charge on any atom is -0.337 e. The van der Waals surface area contributed by atoms with Gasteiger partial charge in [-0.05, 0) is 36.0 Å². The van der Waals surface area contributed by atoms with Crippen molar-refractivity contribution in [2.24, 2.45) is 5.73 Å². The number of rotatable bonds is 1. The quantitative estimate of drug-likeness (QED) is 0.843. The molecule has 0 aromatic heterocycles. The zero-order valence-corrected chi connectivity index (χ0v) is 12.1. The fourth-order valence-electron chi connectivity index (χ4n) is 2.49. The summed E-state index contributed by atoms with van der Waals surface area (Å²) in [6.07, 6.45) is 2.03. The Morgan fingerprint density at radius 3 is 2.42 bits per heavy atom. The average Bonchev–Trinajstić information content (AvgIpc) is 2.37. The smallest absolute Gasteiger partial charge is 0.253 e. The van der Waals surface area contributed by atoms with Gasteiger partial charge in [-0.15, -0.1) is 0 Å². The summed E-state index contributed by atoms with van der Waals surface area (Å²) in [5.74, 6) is 0.107. The molecule has 1 aliphatic rings. The summed E-state index contributed by atoms with van der Waals surface area (Å²) in [5.41, 5.74) is 8.06. The number of likely N-dealkylation sites (tertiary alicyclic amines) is 1. The van der Waals surface area contributed by atoms with E-state index in [-0.39, 0.29) is 17.4 Å². The monoisotopic (exact) mass is 260 g/mol. The molecule has 1 heterocycles. The van der Waals surface area contributed by atoms with E-state index in [0.29, 0.717) is 6.54 Å². The Hall–Kier alpha value is -1.35. The SMILES string of the molecule is CC(C)(C)c1ccc(C(=O)N2CCCC(N)C2)cc1. The highest BCUT2D eigenvalue weighted by Gasteiger charge is 2.22. The van der Waals surface area contributed by atoms with E-state index in [0.717, 1.165) is 24.9 Å². The molecule has 104 valence electrons. The molecule has 3 heteroatoms. The highest BCUT2D eigenvalue weighted by molar-refractivity contribution is 5.94. The van der Waals surface area contributed by atoms with E-state index in [1.807, 2.05) is 17.0 Å². The Morgan fingerprint density at radius 1 is 1.26 bits per heavy atom. The van der Waals surface area contributed by atoms with Crippen molar-refractivity contribution in [2.45, 2.75) is 45.1 Å². The maximum Gasteiger partial charge on any atom is 0.253 e. The largest absolute Gasteiger partial charge is 0.337 e. The van der Waals surface area contributed by atoms with Gasteiger partial charge in [0.1, 0.15) is 0 Å². The van der Waals surface area contributed by atoms with Crippen molar-refractivity contribution in [1.29, 1.82) is 0 Å². The molecule has 2 N–H and O–H groups in total. The number of piperidine rings is 1. The van der Waals surface area contributed by atoms with Gasteiger partial charge in [0.15, 0.2) is 0 Å². The third-order valence-corrected chi connectivity index (χ3v) is 3.74. The number of nitrogens with zero attached hydrogens (tertiary/aromatic N) is 1. The van der Waals surface area contributed by atoms with Crippen LogP contribution in [0, 0.1) is 0 Å². The third-order valence-electron chi connectivity index (χ3n) is 3.74. The standard InChI is InChI=1S/C16H24N2O/c1-16(2,3)13-8-6-12(7-9-13)15(19)18-10-4-5-14(17)11-18/h6-9,14H,4-5,10-11,17H2,1-3H3. The van der Waals surface area contributed by atoms with Crippen molar-refractivity contribution in [3.63, 3.8) is 0 Å². The topological polar surface area (TPSA) is 46.3 Å². The predicted octanol–water partition coefficient (Wildman–Crippen LogP) is 2.55. The number of amides is 1.